The van der Waals surface area contributed by atoms with Crippen LogP contribution in [-0.2, 0) is 13.2 Å². The minimum atomic E-state index is -4.67. The number of nitrogens with zero attached hydrogens (tertiary/aromatic N) is 3. The molecule has 0 amide bonds. The Labute approximate surface area is 104 Å². The maximum Gasteiger partial charge on any atom is 0.452 e. The minimum absolute atomic E-state index is 0.0135. The van der Waals surface area contributed by atoms with E-state index >= 15 is 0 Å². The van der Waals surface area contributed by atoms with E-state index in [2.05, 4.69) is 5.10 Å². The number of aryl methyl sites for hydroxylation is 1. The molecule has 8 heteroatoms. The number of hydrogen-bond acceptors (Lipinski definition) is 2. The van der Waals surface area contributed by atoms with Crippen LogP contribution in [0.15, 0.2) is 24.3 Å². The molecule has 0 aliphatic heterocycles. The summed E-state index contributed by atoms with van der Waals surface area (Å²) < 4.78 is 52.9. The quantitative estimate of drug-likeness (QED) is 0.590. The third-order valence-corrected chi connectivity index (χ3v) is 2.69. The van der Waals surface area contributed by atoms with E-state index in [-0.39, 0.29) is 10.5 Å². The molecule has 1 heterocycles. The topological polar surface area (TPSA) is 22.8 Å². The lowest BCUT2D eigenvalue weighted by Gasteiger charge is -2.08. The van der Waals surface area contributed by atoms with Gasteiger partial charge < -0.3 is 0 Å². The molecule has 0 radical (unpaired) electrons. The van der Waals surface area contributed by atoms with Crippen LogP contribution in [0.5, 0.6) is 0 Å². The Bertz CT molecular complexity index is 641. The summed E-state index contributed by atoms with van der Waals surface area (Å²) in [6, 6.07) is 4.73. The van der Waals surface area contributed by atoms with E-state index in [0.29, 0.717) is 4.57 Å². The largest absolute Gasteiger partial charge is 0.452 e. The molecule has 0 saturated heterocycles. The number of aromatic nitrogens is 3. The summed E-state index contributed by atoms with van der Waals surface area (Å²) in [5.74, 6) is -1.83. The summed E-state index contributed by atoms with van der Waals surface area (Å²) in [5, 5.41) is 3.32. The smallest absolute Gasteiger partial charge is 0.264 e. The highest BCUT2D eigenvalue weighted by Crippen LogP contribution is 2.30. The second kappa shape index (κ2) is 4.20. The van der Waals surface area contributed by atoms with Crippen LogP contribution in [0.1, 0.15) is 5.82 Å². The first-order chi connectivity index (χ1) is 8.30. The Morgan fingerprint density at radius 3 is 2.50 bits per heavy atom. The Hall–Kier alpha value is -1.70. The van der Waals surface area contributed by atoms with Crippen molar-refractivity contribution in [3.63, 3.8) is 0 Å². The zero-order valence-electron chi connectivity index (χ0n) is 9.07. The van der Waals surface area contributed by atoms with Gasteiger partial charge in [0.1, 0.15) is 5.82 Å². The molecule has 0 fully saturated rings. The van der Waals surface area contributed by atoms with Crippen LogP contribution in [0.25, 0.3) is 5.69 Å². The molecule has 1 aromatic heterocycles. The number of alkyl halides is 3. The molecular formula is C10H7F4N3S. The van der Waals surface area contributed by atoms with E-state index < -0.39 is 17.8 Å². The van der Waals surface area contributed by atoms with Gasteiger partial charge >= 0.3 is 6.18 Å². The van der Waals surface area contributed by atoms with E-state index in [0.717, 1.165) is 16.8 Å². The zero-order valence-corrected chi connectivity index (χ0v) is 9.89. The van der Waals surface area contributed by atoms with Gasteiger partial charge in [-0.2, -0.15) is 13.2 Å². The Kier molecular flexibility index (Phi) is 2.97. The first-order valence-electron chi connectivity index (χ1n) is 4.80. The highest BCUT2D eigenvalue weighted by molar-refractivity contribution is 7.71. The average molecular weight is 277 g/mol. The van der Waals surface area contributed by atoms with Crippen molar-refractivity contribution in [2.75, 3.05) is 0 Å². The molecule has 0 N–H and O–H groups in total. The van der Waals surface area contributed by atoms with Crippen molar-refractivity contribution in [3.05, 3.63) is 40.7 Å². The van der Waals surface area contributed by atoms with Crippen molar-refractivity contribution >= 4 is 12.2 Å². The van der Waals surface area contributed by atoms with Gasteiger partial charge in [-0.25, -0.2) is 9.07 Å². The van der Waals surface area contributed by atoms with Gasteiger partial charge in [-0.1, -0.05) is 6.07 Å². The maximum absolute atomic E-state index is 13.1. The molecule has 18 heavy (non-hydrogen) atoms. The van der Waals surface area contributed by atoms with E-state index in [1.54, 1.807) is 0 Å². The summed E-state index contributed by atoms with van der Waals surface area (Å²) in [6.45, 7) is 0. The van der Waals surface area contributed by atoms with Gasteiger partial charge in [0.05, 0.1) is 5.69 Å². The van der Waals surface area contributed by atoms with Gasteiger partial charge in [0, 0.05) is 7.05 Å². The molecule has 3 nitrogen and oxygen atoms in total. The molecule has 1 aromatic carbocycles. The van der Waals surface area contributed by atoms with Crippen LogP contribution in [0, 0.1) is 10.6 Å². The number of halogens is 4. The summed E-state index contributed by atoms with van der Waals surface area (Å²) >= 11 is 4.85. The molecule has 0 bridgehead atoms. The fourth-order valence-corrected chi connectivity index (χ4v) is 1.73. The van der Waals surface area contributed by atoms with Crippen LogP contribution in [0.4, 0.5) is 17.6 Å². The predicted octanol–water partition coefficient (Wildman–Crippen LogP) is 3.10. The van der Waals surface area contributed by atoms with E-state index in [1.807, 2.05) is 0 Å². The van der Waals surface area contributed by atoms with Gasteiger partial charge in [-0.3, -0.25) is 4.57 Å². The monoisotopic (exact) mass is 277 g/mol. The Morgan fingerprint density at radius 1 is 1.28 bits per heavy atom. The van der Waals surface area contributed by atoms with Crippen molar-refractivity contribution in [2.24, 2.45) is 7.05 Å². The molecule has 0 unspecified atom stereocenters. The molecule has 0 aliphatic carbocycles. The standard InChI is InChI=1S/C10H7F4N3S/c1-16-9(18)17(8(15-16)10(12,13)14)7-4-2-3-6(11)5-7/h2-5H,1H3. The van der Waals surface area contributed by atoms with E-state index in [4.69, 9.17) is 12.2 Å². The molecule has 96 valence electrons. The number of rotatable bonds is 1. The second-order valence-corrected chi connectivity index (χ2v) is 3.91. The van der Waals surface area contributed by atoms with Crippen LogP contribution in [0.2, 0.25) is 0 Å². The fraction of sp³-hybridized carbons (Fsp3) is 0.200. The molecule has 2 aromatic rings. The molecule has 0 atom stereocenters. The van der Waals surface area contributed by atoms with Crippen LogP contribution in [-0.4, -0.2) is 14.3 Å². The minimum Gasteiger partial charge on any atom is -0.264 e. The highest BCUT2D eigenvalue weighted by Gasteiger charge is 2.38. The molecule has 2 rings (SSSR count). The number of benzene rings is 1. The van der Waals surface area contributed by atoms with Gasteiger partial charge in [-0.15, -0.1) is 5.10 Å². The first-order valence-corrected chi connectivity index (χ1v) is 5.20. The average Bonchev–Trinajstić information content (AvgIpc) is 2.55. The fourth-order valence-electron chi connectivity index (χ4n) is 1.50. The normalized spacial score (nSPS) is 11.8. The summed E-state index contributed by atoms with van der Waals surface area (Å²) in [5.41, 5.74) is -0.0135. The SMILES string of the molecule is Cn1nc(C(F)(F)F)n(-c2cccc(F)c2)c1=S. The van der Waals surface area contributed by atoms with Crippen molar-refractivity contribution in [1.29, 1.82) is 0 Å². The molecular weight excluding hydrogens is 270 g/mol. The molecule has 0 saturated carbocycles. The van der Waals surface area contributed by atoms with Crippen molar-refractivity contribution in [2.45, 2.75) is 6.18 Å². The van der Waals surface area contributed by atoms with Gasteiger partial charge in [-0.05, 0) is 30.4 Å². The van der Waals surface area contributed by atoms with Gasteiger partial charge in [0.25, 0.3) is 0 Å². The zero-order chi connectivity index (χ0) is 13.5. The van der Waals surface area contributed by atoms with Crippen molar-refractivity contribution < 1.29 is 17.6 Å². The third-order valence-electron chi connectivity index (χ3n) is 2.24. The second-order valence-electron chi connectivity index (χ2n) is 3.54. The first kappa shape index (κ1) is 12.7. The van der Waals surface area contributed by atoms with Crippen molar-refractivity contribution in [1.82, 2.24) is 14.3 Å². The summed E-state index contributed by atoms with van der Waals surface area (Å²) in [7, 11) is 1.30. The maximum atomic E-state index is 13.1. The Morgan fingerprint density at radius 2 is 1.94 bits per heavy atom. The van der Waals surface area contributed by atoms with Crippen LogP contribution >= 0.6 is 12.2 Å². The van der Waals surface area contributed by atoms with Gasteiger partial charge in [0.15, 0.2) is 0 Å². The van der Waals surface area contributed by atoms with Crippen molar-refractivity contribution in [3.8, 4) is 5.69 Å². The summed E-state index contributed by atoms with van der Waals surface area (Å²) in [6.07, 6.45) is -4.67. The van der Waals surface area contributed by atoms with Crippen LogP contribution in [0.3, 0.4) is 0 Å². The predicted molar refractivity (Wildman–Crippen MR) is 58.3 cm³/mol. The third kappa shape index (κ3) is 2.15. The lowest BCUT2D eigenvalue weighted by Crippen LogP contribution is -2.14. The summed E-state index contributed by atoms with van der Waals surface area (Å²) in [4.78, 5) is 0. The number of hydrogen-bond donors (Lipinski definition) is 0. The Balaban J connectivity index is 2.75. The lowest BCUT2D eigenvalue weighted by molar-refractivity contribution is -0.146. The highest BCUT2D eigenvalue weighted by atomic mass is 32.1. The van der Waals surface area contributed by atoms with Crippen LogP contribution < -0.4 is 0 Å². The molecule has 0 spiro atoms. The van der Waals surface area contributed by atoms with Gasteiger partial charge in [0.2, 0.25) is 10.6 Å². The molecule has 0 aliphatic rings. The lowest BCUT2D eigenvalue weighted by atomic mass is 10.3. The van der Waals surface area contributed by atoms with E-state index in [9.17, 15) is 17.6 Å². The van der Waals surface area contributed by atoms with E-state index in [1.165, 1.54) is 19.2 Å².